The van der Waals surface area contributed by atoms with Crippen molar-refractivity contribution in [3.63, 3.8) is 0 Å². The fraction of sp³-hybridized carbons (Fsp3) is 0.400. The van der Waals surface area contributed by atoms with Gasteiger partial charge in [0.2, 0.25) is 0 Å². The van der Waals surface area contributed by atoms with E-state index in [0.717, 1.165) is 12.1 Å². The molecule has 0 aliphatic rings. The van der Waals surface area contributed by atoms with Crippen molar-refractivity contribution in [1.29, 1.82) is 0 Å². The molecule has 0 spiro atoms. The lowest BCUT2D eigenvalue weighted by Crippen LogP contribution is -2.29. The third-order valence-corrected chi connectivity index (χ3v) is 6.86. The molecule has 0 aliphatic carbocycles. The lowest BCUT2D eigenvalue weighted by Gasteiger charge is -2.17. The number of sulfone groups is 1. The van der Waals surface area contributed by atoms with E-state index in [4.69, 9.17) is 0 Å². The second kappa shape index (κ2) is 5.90. The number of benzene rings is 1. The van der Waals surface area contributed by atoms with Gasteiger partial charge in [0.1, 0.15) is 10.8 Å². The molecule has 126 valence electrons. The van der Waals surface area contributed by atoms with Gasteiger partial charge in [0.05, 0.1) is 16.0 Å². The van der Waals surface area contributed by atoms with Gasteiger partial charge >= 0.3 is 6.18 Å². The molecule has 0 saturated heterocycles. The Kier molecular flexibility index (Phi) is 4.60. The number of halogens is 3. The predicted octanol–water partition coefficient (Wildman–Crippen LogP) is 4.54. The van der Waals surface area contributed by atoms with Gasteiger partial charge < -0.3 is 0 Å². The molecule has 0 radical (unpaired) electrons. The number of hydrogen-bond acceptors (Lipinski definition) is 4. The molecule has 0 fully saturated rings. The minimum atomic E-state index is -4.38. The summed E-state index contributed by atoms with van der Waals surface area (Å²) in [7, 11) is -3.35. The molecule has 0 aliphatic heterocycles. The van der Waals surface area contributed by atoms with Crippen LogP contribution in [-0.4, -0.2) is 18.1 Å². The van der Waals surface area contributed by atoms with E-state index in [0.29, 0.717) is 16.3 Å². The molecule has 2 rings (SSSR count). The van der Waals surface area contributed by atoms with E-state index in [1.165, 1.54) is 23.5 Å². The molecule has 23 heavy (non-hydrogen) atoms. The molecule has 1 heterocycles. The van der Waals surface area contributed by atoms with Crippen LogP contribution in [-0.2, 0) is 21.8 Å². The van der Waals surface area contributed by atoms with Crippen LogP contribution >= 0.6 is 11.3 Å². The molecule has 1 aromatic carbocycles. The molecule has 0 atom stereocenters. The highest BCUT2D eigenvalue weighted by Gasteiger charge is 2.31. The largest absolute Gasteiger partial charge is 0.416 e. The summed E-state index contributed by atoms with van der Waals surface area (Å²) in [6.45, 7) is 4.85. The summed E-state index contributed by atoms with van der Waals surface area (Å²) in [5.74, 6) is -0.179. The summed E-state index contributed by atoms with van der Waals surface area (Å²) in [5, 5.41) is 2.07. The third-order valence-electron chi connectivity index (χ3n) is 3.31. The first-order valence-electron chi connectivity index (χ1n) is 6.74. The van der Waals surface area contributed by atoms with Crippen molar-refractivity contribution < 1.29 is 21.6 Å². The van der Waals surface area contributed by atoms with Crippen LogP contribution in [0.1, 0.15) is 31.3 Å². The van der Waals surface area contributed by atoms with E-state index in [1.54, 1.807) is 26.2 Å². The van der Waals surface area contributed by atoms with Crippen LogP contribution in [0, 0.1) is 0 Å². The fourth-order valence-corrected chi connectivity index (χ4v) is 3.87. The highest BCUT2D eigenvalue weighted by molar-refractivity contribution is 7.92. The van der Waals surface area contributed by atoms with Gasteiger partial charge in [-0.1, -0.05) is 12.1 Å². The van der Waals surface area contributed by atoms with Crippen molar-refractivity contribution in [2.45, 2.75) is 37.4 Å². The van der Waals surface area contributed by atoms with Crippen LogP contribution in [0.25, 0.3) is 11.3 Å². The van der Waals surface area contributed by atoms with Crippen molar-refractivity contribution in [2.75, 3.05) is 0 Å². The monoisotopic (exact) mass is 363 g/mol. The molecule has 2 aromatic rings. The lowest BCUT2D eigenvalue weighted by atomic mass is 10.1. The SMILES string of the molecule is CC(C)(C)S(=O)(=O)Cc1nc(-c2ccc(C(F)(F)F)cc2)cs1. The number of alkyl halides is 3. The summed E-state index contributed by atoms with van der Waals surface area (Å²) < 4.78 is 61.1. The van der Waals surface area contributed by atoms with Crippen LogP contribution in [0.2, 0.25) is 0 Å². The van der Waals surface area contributed by atoms with Gasteiger partial charge in [-0.05, 0) is 32.9 Å². The third kappa shape index (κ3) is 4.11. The first-order chi connectivity index (χ1) is 10.4. The molecule has 3 nitrogen and oxygen atoms in total. The Morgan fingerprint density at radius 1 is 1.09 bits per heavy atom. The minimum Gasteiger partial charge on any atom is -0.240 e. The first-order valence-corrected chi connectivity index (χ1v) is 9.28. The second-order valence-corrected chi connectivity index (χ2v) is 9.76. The molecular weight excluding hydrogens is 347 g/mol. The number of nitrogens with zero attached hydrogens (tertiary/aromatic N) is 1. The maximum absolute atomic E-state index is 12.5. The normalized spacial score (nSPS) is 13.3. The molecule has 1 aromatic heterocycles. The summed E-state index contributed by atoms with van der Waals surface area (Å²) >= 11 is 1.18. The summed E-state index contributed by atoms with van der Waals surface area (Å²) in [5.41, 5.74) is 0.267. The van der Waals surface area contributed by atoms with E-state index in [1.807, 2.05) is 0 Å². The highest BCUT2D eigenvalue weighted by Crippen LogP contribution is 2.31. The quantitative estimate of drug-likeness (QED) is 0.804. The summed E-state index contributed by atoms with van der Waals surface area (Å²) in [6.07, 6.45) is -4.38. The number of aromatic nitrogens is 1. The maximum Gasteiger partial charge on any atom is 0.416 e. The molecule has 0 amide bonds. The van der Waals surface area contributed by atoms with Crippen molar-refractivity contribution in [3.05, 3.63) is 40.2 Å². The second-order valence-electron chi connectivity index (χ2n) is 6.07. The molecular formula is C15H16F3NO2S2. The Hall–Kier alpha value is -1.41. The Balaban J connectivity index is 2.23. The minimum absolute atomic E-state index is 0.179. The van der Waals surface area contributed by atoms with Crippen LogP contribution < -0.4 is 0 Å². The van der Waals surface area contributed by atoms with E-state index in [-0.39, 0.29) is 5.75 Å². The average molecular weight is 363 g/mol. The molecule has 0 saturated carbocycles. The zero-order valence-corrected chi connectivity index (χ0v) is 14.4. The van der Waals surface area contributed by atoms with Crippen LogP contribution in [0.3, 0.4) is 0 Å². The Bertz CT molecular complexity index is 785. The van der Waals surface area contributed by atoms with Crippen molar-refractivity contribution in [3.8, 4) is 11.3 Å². The fourth-order valence-electron chi connectivity index (χ4n) is 1.72. The van der Waals surface area contributed by atoms with Gasteiger partial charge in [0.15, 0.2) is 9.84 Å². The van der Waals surface area contributed by atoms with Crippen molar-refractivity contribution >= 4 is 21.2 Å². The molecule has 0 bridgehead atoms. The van der Waals surface area contributed by atoms with E-state index in [9.17, 15) is 21.6 Å². The van der Waals surface area contributed by atoms with Gasteiger partial charge in [-0.25, -0.2) is 13.4 Å². The van der Waals surface area contributed by atoms with Gasteiger partial charge in [-0.2, -0.15) is 13.2 Å². The van der Waals surface area contributed by atoms with Crippen LogP contribution in [0.5, 0.6) is 0 Å². The first kappa shape index (κ1) is 17.9. The molecule has 0 unspecified atom stereocenters. The Morgan fingerprint density at radius 3 is 2.13 bits per heavy atom. The Labute approximate surface area is 137 Å². The smallest absolute Gasteiger partial charge is 0.240 e. The standard InChI is InChI=1S/C15H16F3NO2S2/c1-14(2,3)23(20,21)9-13-19-12(8-22-13)10-4-6-11(7-5-10)15(16,17)18/h4-8H,9H2,1-3H3. The summed E-state index contributed by atoms with van der Waals surface area (Å²) in [4.78, 5) is 4.23. The lowest BCUT2D eigenvalue weighted by molar-refractivity contribution is -0.137. The predicted molar refractivity (Wildman–Crippen MR) is 84.9 cm³/mol. The van der Waals surface area contributed by atoms with Crippen LogP contribution in [0.15, 0.2) is 29.6 Å². The number of rotatable bonds is 3. The zero-order valence-electron chi connectivity index (χ0n) is 12.8. The zero-order chi connectivity index (χ0) is 17.5. The van der Waals surface area contributed by atoms with Gasteiger partial charge in [0, 0.05) is 10.9 Å². The average Bonchev–Trinajstić information content (AvgIpc) is 2.84. The van der Waals surface area contributed by atoms with Gasteiger partial charge in [0.25, 0.3) is 0 Å². The van der Waals surface area contributed by atoms with Gasteiger partial charge in [-0.15, -0.1) is 11.3 Å². The van der Waals surface area contributed by atoms with E-state index >= 15 is 0 Å². The molecule has 8 heteroatoms. The Morgan fingerprint density at radius 2 is 1.65 bits per heavy atom. The van der Waals surface area contributed by atoms with Gasteiger partial charge in [-0.3, -0.25) is 0 Å². The highest BCUT2D eigenvalue weighted by atomic mass is 32.2. The maximum atomic E-state index is 12.5. The van der Waals surface area contributed by atoms with Crippen LogP contribution in [0.4, 0.5) is 13.2 Å². The topological polar surface area (TPSA) is 47.0 Å². The van der Waals surface area contributed by atoms with Crippen molar-refractivity contribution in [1.82, 2.24) is 4.98 Å². The summed E-state index contributed by atoms with van der Waals surface area (Å²) in [6, 6.07) is 4.64. The number of thiazole rings is 1. The van der Waals surface area contributed by atoms with Crippen molar-refractivity contribution in [2.24, 2.45) is 0 Å². The number of hydrogen-bond donors (Lipinski definition) is 0. The molecule has 0 N–H and O–H groups in total. The van der Waals surface area contributed by atoms with E-state index < -0.39 is 26.3 Å². The van der Waals surface area contributed by atoms with E-state index in [2.05, 4.69) is 4.98 Å².